The van der Waals surface area contributed by atoms with Gasteiger partial charge in [0.2, 0.25) is 0 Å². The predicted octanol–water partition coefficient (Wildman–Crippen LogP) is 3.90. The Morgan fingerprint density at radius 3 is 2.78 bits per heavy atom. The lowest BCUT2D eigenvalue weighted by molar-refractivity contribution is 0.316. The van der Waals surface area contributed by atoms with E-state index in [0.29, 0.717) is 11.6 Å². The van der Waals surface area contributed by atoms with E-state index in [1.807, 2.05) is 12.1 Å². The van der Waals surface area contributed by atoms with Crippen molar-refractivity contribution in [2.75, 3.05) is 6.61 Å². The molecular weight excluding hydrogens is 250 g/mol. The van der Waals surface area contributed by atoms with Gasteiger partial charge in [-0.25, -0.2) is 0 Å². The number of rotatable bonds is 4. The third-order valence-corrected chi connectivity index (χ3v) is 2.79. The fourth-order valence-corrected chi connectivity index (χ4v) is 1.69. The van der Waals surface area contributed by atoms with E-state index in [9.17, 15) is 5.11 Å². The van der Waals surface area contributed by atoms with Gasteiger partial charge in [-0.3, -0.25) is 4.98 Å². The molecule has 0 atom stereocenters. The largest absolute Gasteiger partial charge is 0.506 e. The van der Waals surface area contributed by atoms with Crippen molar-refractivity contribution in [3.05, 3.63) is 41.7 Å². The van der Waals surface area contributed by atoms with Crippen molar-refractivity contribution in [3.8, 4) is 22.6 Å². The summed E-state index contributed by atoms with van der Waals surface area (Å²) < 4.78 is 5.52. The predicted molar refractivity (Wildman–Crippen MR) is 72.1 cm³/mol. The molecule has 0 unspecified atom stereocenters. The maximum Gasteiger partial charge on any atom is 0.138 e. The molecule has 1 aromatic heterocycles. The summed E-state index contributed by atoms with van der Waals surface area (Å²) in [6, 6.07) is 7.00. The van der Waals surface area contributed by atoms with E-state index in [-0.39, 0.29) is 5.75 Å². The van der Waals surface area contributed by atoms with E-state index in [0.717, 1.165) is 23.3 Å². The molecule has 0 amide bonds. The highest BCUT2D eigenvalue weighted by Gasteiger charge is 2.04. The van der Waals surface area contributed by atoms with E-state index < -0.39 is 0 Å². The summed E-state index contributed by atoms with van der Waals surface area (Å²) in [5.41, 5.74) is 1.74. The number of benzene rings is 1. The van der Waals surface area contributed by atoms with Gasteiger partial charge >= 0.3 is 0 Å². The van der Waals surface area contributed by atoms with Crippen LogP contribution in [0.15, 0.2) is 36.7 Å². The lowest BCUT2D eigenvalue weighted by Gasteiger charge is -2.07. The highest BCUT2D eigenvalue weighted by molar-refractivity contribution is 6.32. The molecule has 1 N–H and O–H groups in total. The number of ether oxygens (including phenoxy) is 1. The molecule has 0 aliphatic carbocycles. The zero-order chi connectivity index (χ0) is 13.0. The lowest BCUT2D eigenvalue weighted by Crippen LogP contribution is -1.95. The van der Waals surface area contributed by atoms with Gasteiger partial charge in [0.15, 0.2) is 0 Å². The molecule has 18 heavy (non-hydrogen) atoms. The molecule has 0 spiro atoms. The third-order valence-electron chi connectivity index (χ3n) is 2.47. The maximum atomic E-state index is 9.59. The first-order chi connectivity index (χ1) is 8.70. The van der Waals surface area contributed by atoms with Crippen molar-refractivity contribution in [3.63, 3.8) is 0 Å². The third kappa shape index (κ3) is 2.93. The molecule has 2 aromatic rings. The van der Waals surface area contributed by atoms with Gasteiger partial charge in [-0.05, 0) is 30.2 Å². The second-order valence-corrected chi connectivity index (χ2v) is 4.33. The van der Waals surface area contributed by atoms with E-state index in [4.69, 9.17) is 16.3 Å². The Hall–Kier alpha value is -1.74. The zero-order valence-corrected chi connectivity index (χ0v) is 10.8. The number of aromatic hydroxyl groups is 1. The highest BCUT2D eigenvalue weighted by Crippen LogP contribution is 2.30. The van der Waals surface area contributed by atoms with Gasteiger partial charge in [0.25, 0.3) is 0 Å². The second kappa shape index (κ2) is 5.74. The van der Waals surface area contributed by atoms with Crippen LogP contribution in [0.5, 0.6) is 11.5 Å². The molecule has 1 heterocycles. The van der Waals surface area contributed by atoms with Gasteiger partial charge in [-0.1, -0.05) is 24.6 Å². The van der Waals surface area contributed by atoms with Crippen LogP contribution in [0, 0.1) is 0 Å². The summed E-state index contributed by atoms with van der Waals surface area (Å²) in [5, 5.41) is 9.93. The van der Waals surface area contributed by atoms with Gasteiger partial charge < -0.3 is 9.84 Å². The summed E-state index contributed by atoms with van der Waals surface area (Å²) in [4.78, 5) is 4.13. The SMILES string of the molecule is CCCOc1cncc(-c2ccc(Cl)c(O)c2)c1. The maximum absolute atomic E-state index is 9.59. The molecule has 2 rings (SSSR count). The molecule has 0 saturated heterocycles. The van der Waals surface area contributed by atoms with Crippen molar-refractivity contribution < 1.29 is 9.84 Å². The molecule has 0 bridgehead atoms. The fourth-order valence-electron chi connectivity index (χ4n) is 1.57. The molecule has 0 aliphatic rings. The van der Waals surface area contributed by atoms with Crippen LogP contribution >= 0.6 is 11.6 Å². The topological polar surface area (TPSA) is 42.4 Å². The first-order valence-electron chi connectivity index (χ1n) is 5.77. The van der Waals surface area contributed by atoms with Gasteiger partial charge in [-0.2, -0.15) is 0 Å². The summed E-state index contributed by atoms with van der Waals surface area (Å²) in [6.45, 7) is 2.71. The quantitative estimate of drug-likeness (QED) is 0.910. The lowest BCUT2D eigenvalue weighted by atomic mass is 10.1. The van der Waals surface area contributed by atoms with Crippen molar-refractivity contribution in [1.29, 1.82) is 0 Å². The summed E-state index contributed by atoms with van der Waals surface area (Å²) in [7, 11) is 0. The Kier molecular flexibility index (Phi) is 4.05. The molecule has 0 radical (unpaired) electrons. The van der Waals surface area contributed by atoms with Crippen LogP contribution in [0.1, 0.15) is 13.3 Å². The Morgan fingerprint density at radius 1 is 1.22 bits per heavy atom. The van der Waals surface area contributed by atoms with E-state index in [1.54, 1.807) is 24.5 Å². The van der Waals surface area contributed by atoms with Crippen LogP contribution in [0.3, 0.4) is 0 Å². The van der Waals surface area contributed by atoms with Crippen molar-refractivity contribution in [2.24, 2.45) is 0 Å². The molecule has 3 nitrogen and oxygen atoms in total. The first kappa shape index (κ1) is 12.7. The molecule has 0 fully saturated rings. The Morgan fingerprint density at radius 2 is 2.06 bits per heavy atom. The fraction of sp³-hybridized carbons (Fsp3) is 0.214. The molecule has 94 valence electrons. The van der Waals surface area contributed by atoms with Crippen molar-refractivity contribution >= 4 is 11.6 Å². The van der Waals surface area contributed by atoms with Gasteiger partial charge in [0.05, 0.1) is 17.8 Å². The monoisotopic (exact) mass is 263 g/mol. The van der Waals surface area contributed by atoms with Crippen LogP contribution in [0.4, 0.5) is 0 Å². The Bertz CT molecular complexity index is 543. The number of hydrogen-bond donors (Lipinski definition) is 1. The number of nitrogens with zero attached hydrogens (tertiary/aromatic N) is 1. The number of phenols is 1. The van der Waals surface area contributed by atoms with Crippen LogP contribution in [-0.2, 0) is 0 Å². The number of pyridine rings is 1. The van der Waals surface area contributed by atoms with Gasteiger partial charge in [0.1, 0.15) is 11.5 Å². The van der Waals surface area contributed by atoms with E-state index in [2.05, 4.69) is 11.9 Å². The van der Waals surface area contributed by atoms with Crippen LogP contribution in [-0.4, -0.2) is 16.7 Å². The molecule has 0 saturated carbocycles. The average Bonchev–Trinajstić information content (AvgIpc) is 2.40. The second-order valence-electron chi connectivity index (χ2n) is 3.92. The normalized spacial score (nSPS) is 10.3. The molecule has 1 aromatic carbocycles. The summed E-state index contributed by atoms with van der Waals surface area (Å²) >= 11 is 5.78. The molecular formula is C14H14ClNO2. The summed E-state index contributed by atoms with van der Waals surface area (Å²) in [6.07, 6.45) is 4.35. The Labute approximate surface area is 111 Å². The molecule has 4 heteroatoms. The van der Waals surface area contributed by atoms with Crippen LogP contribution in [0.2, 0.25) is 5.02 Å². The van der Waals surface area contributed by atoms with Crippen LogP contribution < -0.4 is 4.74 Å². The number of hydrogen-bond acceptors (Lipinski definition) is 3. The first-order valence-corrected chi connectivity index (χ1v) is 6.15. The average molecular weight is 264 g/mol. The van der Waals surface area contributed by atoms with E-state index in [1.165, 1.54) is 0 Å². The van der Waals surface area contributed by atoms with Crippen molar-refractivity contribution in [1.82, 2.24) is 4.98 Å². The standard InChI is InChI=1S/C14H14ClNO2/c1-2-5-18-12-6-11(8-16-9-12)10-3-4-13(15)14(17)7-10/h3-4,6-9,17H,2,5H2,1H3. The number of phenolic OH excluding ortho intramolecular Hbond substituents is 1. The minimum absolute atomic E-state index is 0.0639. The zero-order valence-electron chi connectivity index (χ0n) is 10.1. The highest BCUT2D eigenvalue weighted by atomic mass is 35.5. The minimum atomic E-state index is 0.0639. The Balaban J connectivity index is 2.29. The number of halogens is 1. The van der Waals surface area contributed by atoms with Crippen LogP contribution in [0.25, 0.3) is 11.1 Å². The van der Waals surface area contributed by atoms with Gasteiger partial charge in [0, 0.05) is 11.8 Å². The van der Waals surface area contributed by atoms with Gasteiger partial charge in [-0.15, -0.1) is 0 Å². The van der Waals surface area contributed by atoms with E-state index >= 15 is 0 Å². The summed E-state index contributed by atoms with van der Waals surface area (Å²) in [5.74, 6) is 0.790. The number of aromatic nitrogens is 1. The minimum Gasteiger partial charge on any atom is -0.506 e. The molecule has 0 aliphatic heterocycles. The van der Waals surface area contributed by atoms with Crippen molar-refractivity contribution in [2.45, 2.75) is 13.3 Å². The smallest absolute Gasteiger partial charge is 0.138 e.